The van der Waals surface area contributed by atoms with Gasteiger partial charge in [-0.2, -0.15) is 4.99 Å². The molecule has 0 saturated heterocycles. The van der Waals surface area contributed by atoms with Crippen LogP contribution in [0.3, 0.4) is 0 Å². The predicted molar refractivity (Wildman–Crippen MR) is 111 cm³/mol. The molecule has 5 rings (SSSR count). The lowest BCUT2D eigenvalue weighted by molar-refractivity contribution is 0.305. The summed E-state index contributed by atoms with van der Waals surface area (Å²) >= 11 is 0. The van der Waals surface area contributed by atoms with Crippen LogP contribution in [0.1, 0.15) is 32.1 Å². The van der Waals surface area contributed by atoms with Gasteiger partial charge in [0.1, 0.15) is 11.2 Å². The molecule has 2 heterocycles. The molecule has 1 aromatic heterocycles. The molecular weight excluding hydrogens is 352 g/mol. The zero-order valence-electron chi connectivity index (χ0n) is 15.5. The Morgan fingerprint density at radius 1 is 0.964 bits per heavy atom. The number of guanidine groups is 2. The van der Waals surface area contributed by atoms with Crippen LogP contribution in [0, 0.1) is 0 Å². The van der Waals surface area contributed by atoms with Crippen molar-refractivity contribution >= 4 is 28.7 Å². The van der Waals surface area contributed by atoms with E-state index in [-0.39, 0.29) is 5.96 Å². The van der Waals surface area contributed by atoms with Gasteiger partial charge in [-0.25, -0.2) is 9.98 Å². The van der Waals surface area contributed by atoms with Gasteiger partial charge in [0.2, 0.25) is 17.8 Å². The Hall–Kier alpha value is -3.35. The first kappa shape index (κ1) is 16.8. The highest BCUT2D eigenvalue weighted by molar-refractivity contribution is 6.06. The molecule has 0 amide bonds. The highest BCUT2D eigenvalue weighted by Crippen LogP contribution is 2.40. The summed E-state index contributed by atoms with van der Waals surface area (Å²) in [5.74, 6) is 1.23. The zero-order chi connectivity index (χ0) is 19.1. The Balaban J connectivity index is 1.59. The monoisotopic (exact) mass is 374 g/mol. The van der Waals surface area contributed by atoms with E-state index in [1.165, 1.54) is 6.42 Å². The zero-order valence-corrected chi connectivity index (χ0v) is 15.5. The molecule has 1 saturated carbocycles. The van der Waals surface area contributed by atoms with E-state index in [4.69, 9.17) is 20.9 Å². The van der Waals surface area contributed by atoms with Crippen molar-refractivity contribution in [2.45, 2.75) is 37.8 Å². The van der Waals surface area contributed by atoms with Crippen LogP contribution in [-0.4, -0.2) is 22.6 Å². The Kier molecular flexibility index (Phi) is 3.82. The number of hydrogen-bond acceptors (Lipinski definition) is 7. The van der Waals surface area contributed by atoms with Gasteiger partial charge in [0.25, 0.3) is 0 Å². The molecular formula is C21H22N6O. The van der Waals surface area contributed by atoms with Crippen molar-refractivity contribution in [2.24, 2.45) is 21.5 Å². The van der Waals surface area contributed by atoms with Crippen LogP contribution in [0.15, 0.2) is 62.9 Å². The van der Waals surface area contributed by atoms with Gasteiger partial charge in [-0.1, -0.05) is 24.6 Å². The van der Waals surface area contributed by atoms with E-state index in [1.807, 2.05) is 53.4 Å². The quantitative estimate of drug-likeness (QED) is 0.713. The lowest BCUT2D eigenvalue weighted by Gasteiger charge is -2.45. The van der Waals surface area contributed by atoms with Gasteiger partial charge in [0, 0.05) is 11.3 Å². The molecule has 4 N–H and O–H groups in total. The van der Waals surface area contributed by atoms with E-state index in [2.05, 4.69) is 9.98 Å². The minimum Gasteiger partial charge on any atom is -0.436 e. The molecule has 0 atom stereocenters. The third kappa shape index (κ3) is 2.70. The number of hydrogen-bond donors (Lipinski definition) is 2. The van der Waals surface area contributed by atoms with Crippen molar-refractivity contribution in [3.8, 4) is 11.5 Å². The molecule has 2 aliphatic rings. The lowest BCUT2D eigenvalue weighted by Crippen LogP contribution is -2.58. The lowest BCUT2D eigenvalue weighted by atomic mass is 9.87. The van der Waals surface area contributed by atoms with Crippen molar-refractivity contribution in [1.29, 1.82) is 0 Å². The number of fused-ring (bicyclic) bond motifs is 1. The maximum absolute atomic E-state index is 6.32. The minimum absolute atomic E-state index is 0.254. The van der Waals surface area contributed by atoms with Crippen LogP contribution >= 0.6 is 0 Å². The number of nitrogens with two attached hydrogens (primary N) is 2. The molecule has 28 heavy (non-hydrogen) atoms. The van der Waals surface area contributed by atoms with E-state index in [0.29, 0.717) is 11.9 Å². The number of oxazole rings is 1. The molecule has 7 nitrogen and oxygen atoms in total. The van der Waals surface area contributed by atoms with Crippen molar-refractivity contribution in [3.63, 3.8) is 0 Å². The van der Waals surface area contributed by atoms with Crippen molar-refractivity contribution < 1.29 is 4.42 Å². The molecule has 7 heteroatoms. The van der Waals surface area contributed by atoms with E-state index >= 15 is 0 Å². The number of nitrogens with zero attached hydrogens (tertiary/aromatic N) is 4. The Bertz CT molecular complexity index is 1080. The number of aromatic nitrogens is 1. The van der Waals surface area contributed by atoms with Gasteiger partial charge in [0.05, 0.1) is 0 Å². The summed E-state index contributed by atoms with van der Waals surface area (Å²) in [6, 6.07) is 15.8. The summed E-state index contributed by atoms with van der Waals surface area (Å²) in [5.41, 5.74) is 15.2. The second-order valence-electron chi connectivity index (χ2n) is 7.36. The van der Waals surface area contributed by atoms with E-state index in [0.717, 1.165) is 48.0 Å². The molecule has 1 fully saturated rings. The molecule has 0 radical (unpaired) electrons. The van der Waals surface area contributed by atoms with Crippen LogP contribution in [0.25, 0.3) is 22.6 Å². The summed E-state index contributed by atoms with van der Waals surface area (Å²) in [7, 11) is 0. The van der Waals surface area contributed by atoms with Gasteiger partial charge in [-0.3, -0.25) is 4.90 Å². The molecule has 2 aromatic carbocycles. The van der Waals surface area contributed by atoms with E-state index in [1.54, 1.807) is 0 Å². The maximum Gasteiger partial charge on any atom is 0.227 e. The molecule has 3 aromatic rings. The predicted octanol–water partition coefficient (Wildman–Crippen LogP) is 3.60. The number of aliphatic imine (C=N–C) groups is 2. The first-order chi connectivity index (χ1) is 13.6. The third-order valence-electron chi connectivity index (χ3n) is 5.50. The van der Waals surface area contributed by atoms with Crippen molar-refractivity contribution in [3.05, 3.63) is 48.5 Å². The molecule has 0 bridgehead atoms. The van der Waals surface area contributed by atoms with Crippen LogP contribution in [-0.2, 0) is 0 Å². The fourth-order valence-electron chi connectivity index (χ4n) is 4.25. The number of anilines is 1. The van der Waals surface area contributed by atoms with Crippen molar-refractivity contribution in [2.75, 3.05) is 4.90 Å². The first-order valence-electron chi connectivity index (χ1n) is 9.60. The van der Waals surface area contributed by atoms with Crippen LogP contribution in [0.4, 0.5) is 5.69 Å². The molecule has 1 aliphatic heterocycles. The summed E-state index contributed by atoms with van der Waals surface area (Å²) in [5, 5.41) is 0. The largest absolute Gasteiger partial charge is 0.436 e. The van der Waals surface area contributed by atoms with Gasteiger partial charge >= 0.3 is 0 Å². The van der Waals surface area contributed by atoms with Gasteiger partial charge in [0.15, 0.2) is 5.58 Å². The topological polar surface area (TPSA) is 106 Å². The standard InChI is InChI=1S/C21H22N6O/c22-19-25-20(23)27(21(26-19)11-5-2-6-12-21)15-9-10-17-16(13-15)24-18(28-17)14-7-3-1-4-8-14/h1,3-4,7-10,13H,2,5-6,11-12H2,(H4,22,23,25,26). The molecule has 142 valence electrons. The molecule has 0 unspecified atom stereocenters. The third-order valence-corrected chi connectivity index (χ3v) is 5.50. The van der Waals surface area contributed by atoms with E-state index in [9.17, 15) is 0 Å². The SMILES string of the molecule is NC1=NC2(CCCCC2)N(c2ccc3oc(-c4ccccc4)nc3c2)C(N)=N1. The first-order valence-corrected chi connectivity index (χ1v) is 9.60. The number of benzene rings is 2. The average molecular weight is 374 g/mol. The van der Waals surface area contributed by atoms with Gasteiger partial charge in [-0.05, 0) is 56.0 Å². The Morgan fingerprint density at radius 3 is 2.54 bits per heavy atom. The van der Waals surface area contributed by atoms with Gasteiger partial charge < -0.3 is 15.9 Å². The summed E-state index contributed by atoms with van der Waals surface area (Å²) in [6.07, 6.45) is 5.17. The minimum atomic E-state index is -0.464. The summed E-state index contributed by atoms with van der Waals surface area (Å²) in [4.78, 5) is 15.6. The summed E-state index contributed by atoms with van der Waals surface area (Å²) < 4.78 is 5.94. The van der Waals surface area contributed by atoms with Crippen molar-refractivity contribution in [1.82, 2.24) is 4.98 Å². The summed E-state index contributed by atoms with van der Waals surface area (Å²) in [6.45, 7) is 0. The maximum atomic E-state index is 6.32. The Labute approximate surface area is 162 Å². The fraction of sp³-hybridized carbons (Fsp3) is 0.286. The Morgan fingerprint density at radius 2 is 1.75 bits per heavy atom. The molecule has 1 spiro atoms. The average Bonchev–Trinajstić information content (AvgIpc) is 3.12. The smallest absolute Gasteiger partial charge is 0.227 e. The second kappa shape index (κ2) is 6.37. The fourth-order valence-corrected chi connectivity index (χ4v) is 4.25. The van der Waals surface area contributed by atoms with Crippen LogP contribution in [0.2, 0.25) is 0 Å². The van der Waals surface area contributed by atoms with Crippen LogP contribution in [0.5, 0.6) is 0 Å². The molecule has 1 aliphatic carbocycles. The highest BCUT2D eigenvalue weighted by atomic mass is 16.3. The normalized spacial score (nSPS) is 18.9. The van der Waals surface area contributed by atoms with Crippen LogP contribution < -0.4 is 16.4 Å². The van der Waals surface area contributed by atoms with E-state index < -0.39 is 5.66 Å². The van der Waals surface area contributed by atoms with Gasteiger partial charge in [-0.15, -0.1) is 0 Å². The second-order valence-corrected chi connectivity index (χ2v) is 7.36. The highest BCUT2D eigenvalue weighted by Gasteiger charge is 2.42. The number of rotatable bonds is 2.